The van der Waals surface area contributed by atoms with Crippen molar-refractivity contribution in [1.29, 1.82) is 0 Å². The van der Waals surface area contributed by atoms with E-state index in [1.165, 1.54) is 4.90 Å². The van der Waals surface area contributed by atoms with Crippen molar-refractivity contribution in [1.82, 2.24) is 4.90 Å². The lowest BCUT2D eigenvalue weighted by atomic mass is 9.98. The lowest BCUT2D eigenvalue weighted by molar-refractivity contribution is -0.136. The minimum absolute atomic E-state index is 0.148. The van der Waals surface area contributed by atoms with Crippen LogP contribution < -0.4 is 11.1 Å². The Morgan fingerprint density at radius 3 is 2.80 bits per heavy atom. The number of nitrogens with one attached hydrogen (secondary N) is 1. The van der Waals surface area contributed by atoms with E-state index in [1.54, 1.807) is 25.2 Å². The largest absolute Gasteiger partial charge is 0.389 e. The third-order valence-corrected chi connectivity index (χ3v) is 3.29. The van der Waals surface area contributed by atoms with Gasteiger partial charge in [-0.1, -0.05) is 12.1 Å². The Morgan fingerprint density at radius 2 is 2.15 bits per heavy atom. The summed E-state index contributed by atoms with van der Waals surface area (Å²) in [6.07, 6.45) is -5.24. The zero-order valence-electron chi connectivity index (χ0n) is 11.0. The smallest absolute Gasteiger partial charge is 0.324 e. The van der Waals surface area contributed by atoms with Crippen molar-refractivity contribution in [2.24, 2.45) is 5.73 Å². The fraction of sp³-hybridized carbons (Fsp3) is 0.462. The van der Waals surface area contributed by atoms with Gasteiger partial charge in [0.2, 0.25) is 0 Å². The van der Waals surface area contributed by atoms with Crippen LogP contribution in [-0.4, -0.2) is 24.2 Å². The Hall–Kier alpha value is -1.76. The highest BCUT2D eigenvalue weighted by molar-refractivity contribution is 5.92. The van der Waals surface area contributed by atoms with Crippen molar-refractivity contribution < 1.29 is 18.0 Å². The number of carbonyl (C=O) groups excluding carboxylic acids is 1. The average Bonchev–Trinajstić information content (AvgIpc) is 2.36. The number of hydrogen-bond acceptors (Lipinski definition) is 2. The molecular formula is C13H16F3N3O. The van der Waals surface area contributed by atoms with Crippen LogP contribution in [0.5, 0.6) is 0 Å². The third-order valence-electron chi connectivity index (χ3n) is 3.29. The van der Waals surface area contributed by atoms with Crippen LogP contribution in [0.25, 0.3) is 0 Å². The summed E-state index contributed by atoms with van der Waals surface area (Å²) in [6.45, 7) is 0.418. The number of nitrogens with zero attached hydrogens (tertiary/aromatic N) is 1. The summed E-state index contributed by atoms with van der Waals surface area (Å²) in [4.78, 5) is 12.9. The fourth-order valence-corrected chi connectivity index (χ4v) is 2.12. The van der Waals surface area contributed by atoms with E-state index in [0.717, 1.165) is 5.56 Å². The number of halogens is 3. The van der Waals surface area contributed by atoms with Gasteiger partial charge in [-0.25, -0.2) is 4.79 Å². The predicted molar refractivity (Wildman–Crippen MR) is 69.1 cm³/mol. The van der Waals surface area contributed by atoms with E-state index in [9.17, 15) is 18.0 Å². The van der Waals surface area contributed by atoms with Crippen molar-refractivity contribution in [3.05, 3.63) is 29.3 Å². The number of fused-ring (bicyclic) bond motifs is 1. The topological polar surface area (TPSA) is 58.4 Å². The first-order valence-corrected chi connectivity index (χ1v) is 6.23. The molecule has 0 aromatic heterocycles. The molecule has 20 heavy (non-hydrogen) atoms. The first-order valence-electron chi connectivity index (χ1n) is 6.23. The van der Waals surface area contributed by atoms with Crippen molar-refractivity contribution in [2.75, 3.05) is 12.4 Å². The van der Waals surface area contributed by atoms with Crippen LogP contribution in [0.2, 0.25) is 0 Å². The molecule has 1 aliphatic rings. The van der Waals surface area contributed by atoms with Gasteiger partial charge in [0, 0.05) is 31.7 Å². The lowest BCUT2D eigenvalue weighted by Crippen LogP contribution is -2.35. The molecule has 7 heteroatoms. The summed E-state index contributed by atoms with van der Waals surface area (Å²) in [6, 6.07) is 4.23. The molecule has 0 aliphatic carbocycles. The molecule has 2 rings (SSSR count). The van der Waals surface area contributed by atoms with E-state index >= 15 is 0 Å². The third kappa shape index (κ3) is 3.41. The first-order chi connectivity index (χ1) is 9.26. The molecule has 1 atom stereocenters. The van der Waals surface area contributed by atoms with E-state index in [-0.39, 0.29) is 12.5 Å². The molecule has 110 valence electrons. The molecule has 1 heterocycles. The van der Waals surface area contributed by atoms with Crippen molar-refractivity contribution in [2.45, 2.75) is 31.6 Å². The van der Waals surface area contributed by atoms with E-state index in [2.05, 4.69) is 5.32 Å². The molecule has 1 aromatic carbocycles. The molecule has 3 N–H and O–H groups in total. The van der Waals surface area contributed by atoms with Gasteiger partial charge in [-0.2, -0.15) is 13.2 Å². The van der Waals surface area contributed by atoms with Crippen LogP contribution in [-0.2, 0) is 6.54 Å². The Kier molecular flexibility index (Phi) is 3.89. The summed E-state index contributed by atoms with van der Waals surface area (Å²) in [7, 11) is 1.65. The van der Waals surface area contributed by atoms with Gasteiger partial charge >= 0.3 is 12.2 Å². The van der Waals surface area contributed by atoms with Gasteiger partial charge in [-0.3, -0.25) is 0 Å². The first kappa shape index (κ1) is 14.6. The Labute approximate surface area is 114 Å². The van der Waals surface area contributed by atoms with Crippen molar-refractivity contribution in [3.8, 4) is 0 Å². The molecule has 0 radical (unpaired) electrons. The number of urea groups is 1. The van der Waals surface area contributed by atoms with Gasteiger partial charge in [0.05, 0.1) is 0 Å². The van der Waals surface area contributed by atoms with Crippen molar-refractivity contribution >= 4 is 11.7 Å². The Balaban J connectivity index is 2.11. The molecular weight excluding hydrogens is 271 g/mol. The quantitative estimate of drug-likeness (QED) is 0.897. The highest BCUT2D eigenvalue weighted by Crippen LogP contribution is 2.29. The van der Waals surface area contributed by atoms with Crippen LogP contribution in [0.4, 0.5) is 23.7 Å². The molecule has 1 unspecified atom stereocenters. The average molecular weight is 287 g/mol. The molecule has 0 bridgehead atoms. The Morgan fingerprint density at radius 1 is 1.45 bits per heavy atom. The normalized spacial score (nSPS) is 16.6. The van der Waals surface area contributed by atoms with Crippen LogP contribution in [0.1, 0.15) is 30.0 Å². The number of anilines is 1. The highest BCUT2D eigenvalue weighted by Gasteiger charge is 2.28. The second kappa shape index (κ2) is 5.32. The zero-order chi connectivity index (χ0) is 14.9. The molecule has 0 fully saturated rings. The summed E-state index contributed by atoms with van der Waals surface area (Å²) in [5, 5.41) is 2.70. The summed E-state index contributed by atoms with van der Waals surface area (Å²) in [5.74, 6) is 0. The highest BCUT2D eigenvalue weighted by atomic mass is 19.4. The molecule has 1 aliphatic heterocycles. The number of rotatable bonds is 3. The molecule has 2 amide bonds. The standard InChI is InChI=1S/C13H16F3N3O/c1-19-7-9-6-8(2-3-11(9)18-12(19)20)10(17)4-5-13(14,15)16/h2-3,6,10H,4-5,7,17H2,1H3,(H,18,20). The van der Waals surface area contributed by atoms with Crippen LogP contribution in [0.15, 0.2) is 18.2 Å². The summed E-state index contributed by atoms with van der Waals surface area (Å²) in [5.41, 5.74) is 7.98. The predicted octanol–water partition coefficient (Wildman–Crippen LogP) is 3.01. The number of alkyl halides is 3. The number of benzene rings is 1. The maximum Gasteiger partial charge on any atom is 0.389 e. The van der Waals surface area contributed by atoms with Crippen LogP contribution in [0, 0.1) is 0 Å². The summed E-state index contributed by atoms with van der Waals surface area (Å²) < 4.78 is 36.6. The minimum Gasteiger partial charge on any atom is -0.324 e. The lowest BCUT2D eigenvalue weighted by Gasteiger charge is -2.27. The van der Waals surface area contributed by atoms with Crippen LogP contribution in [0.3, 0.4) is 0 Å². The SMILES string of the molecule is CN1Cc2cc(C(N)CCC(F)(F)F)ccc2NC1=O. The number of carbonyl (C=O) groups is 1. The molecule has 4 nitrogen and oxygen atoms in total. The van der Waals surface area contributed by atoms with Crippen LogP contribution >= 0.6 is 0 Å². The van der Waals surface area contributed by atoms with Crippen molar-refractivity contribution in [3.63, 3.8) is 0 Å². The van der Waals surface area contributed by atoms with Gasteiger partial charge < -0.3 is 16.0 Å². The number of amides is 2. The van der Waals surface area contributed by atoms with E-state index < -0.39 is 18.6 Å². The minimum atomic E-state index is -4.19. The second-order valence-corrected chi connectivity index (χ2v) is 4.96. The fourth-order valence-electron chi connectivity index (χ4n) is 2.12. The van der Waals surface area contributed by atoms with Gasteiger partial charge in [-0.15, -0.1) is 0 Å². The monoisotopic (exact) mass is 287 g/mol. The second-order valence-electron chi connectivity index (χ2n) is 4.96. The number of nitrogens with two attached hydrogens (primary N) is 1. The van der Waals surface area contributed by atoms with E-state index in [4.69, 9.17) is 5.73 Å². The molecule has 0 saturated heterocycles. The van der Waals surface area contributed by atoms with Gasteiger partial charge in [0.25, 0.3) is 0 Å². The van der Waals surface area contributed by atoms with Gasteiger partial charge in [0.15, 0.2) is 0 Å². The number of hydrogen-bond donors (Lipinski definition) is 2. The maximum absolute atomic E-state index is 12.2. The molecule has 0 spiro atoms. The molecule has 1 aromatic rings. The summed E-state index contributed by atoms with van der Waals surface area (Å²) >= 11 is 0. The van der Waals surface area contributed by atoms with E-state index in [1.807, 2.05) is 0 Å². The van der Waals surface area contributed by atoms with Gasteiger partial charge in [0.1, 0.15) is 0 Å². The molecule has 0 saturated carbocycles. The van der Waals surface area contributed by atoms with E-state index in [0.29, 0.717) is 17.8 Å². The van der Waals surface area contributed by atoms with Gasteiger partial charge in [-0.05, 0) is 23.6 Å². The Bertz CT molecular complexity index is 516. The maximum atomic E-state index is 12.2. The zero-order valence-corrected chi connectivity index (χ0v) is 11.0.